The van der Waals surface area contributed by atoms with E-state index in [1.165, 1.54) is 18.1 Å². The molecular formula is C10H13N5O2S. The first-order valence-electron chi connectivity index (χ1n) is 5.58. The molecule has 1 aliphatic heterocycles. The molecule has 3 atom stereocenters. The van der Waals surface area contributed by atoms with Crippen molar-refractivity contribution in [1.29, 1.82) is 0 Å². The van der Waals surface area contributed by atoms with Gasteiger partial charge in [0.15, 0.2) is 11.5 Å². The van der Waals surface area contributed by atoms with E-state index in [-0.39, 0.29) is 17.2 Å². The molecule has 1 aliphatic rings. The van der Waals surface area contributed by atoms with Gasteiger partial charge in [-0.25, -0.2) is 15.0 Å². The van der Waals surface area contributed by atoms with Crippen LogP contribution in [0.2, 0.25) is 0 Å². The fourth-order valence-electron chi connectivity index (χ4n) is 2.13. The maximum atomic E-state index is 9.81. The number of hydrogen-bond acceptors (Lipinski definition) is 7. The van der Waals surface area contributed by atoms with Crippen LogP contribution in [0.5, 0.6) is 0 Å². The minimum absolute atomic E-state index is 0.0106. The monoisotopic (exact) mass is 267 g/mol. The molecule has 1 fully saturated rings. The Hall–Kier alpha value is -1.38. The molecule has 1 saturated heterocycles. The molecule has 96 valence electrons. The van der Waals surface area contributed by atoms with Gasteiger partial charge in [0.2, 0.25) is 0 Å². The van der Waals surface area contributed by atoms with E-state index in [0.717, 1.165) is 0 Å². The number of imidazole rings is 1. The van der Waals surface area contributed by atoms with Crippen molar-refractivity contribution in [2.24, 2.45) is 0 Å². The predicted octanol–water partition coefficient (Wildman–Crippen LogP) is -0.234. The van der Waals surface area contributed by atoms with Crippen molar-refractivity contribution in [3.05, 3.63) is 12.7 Å². The van der Waals surface area contributed by atoms with E-state index < -0.39 is 6.10 Å². The van der Waals surface area contributed by atoms with Crippen molar-refractivity contribution >= 4 is 28.7 Å². The Bertz CT molecular complexity index is 574. The standard InChI is InChI=1S/C10H13N5O2S/c11-9-8-10(13-3-12-9)15(4-14-8)7-1-5(17)6(2-16)18-7/h3-7,16-17H,1-2H2,(H2,11,12,13)/t5-,6-,7?/m0/s1. The van der Waals surface area contributed by atoms with Gasteiger partial charge < -0.3 is 20.5 Å². The summed E-state index contributed by atoms with van der Waals surface area (Å²) in [6.07, 6.45) is 3.10. The summed E-state index contributed by atoms with van der Waals surface area (Å²) in [5.74, 6) is 0.348. The zero-order valence-corrected chi connectivity index (χ0v) is 10.3. The Morgan fingerprint density at radius 2 is 2.28 bits per heavy atom. The van der Waals surface area contributed by atoms with Gasteiger partial charge in [-0.3, -0.25) is 0 Å². The highest BCUT2D eigenvalue weighted by molar-refractivity contribution is 8.00. The Kier molecular flexibility index (Phi) is 2.84. The van der Waals surface area contributed by atoms with Crippen molar-refractivity contribution in [3.8, 4) is 0 Å². The molecule has 0 radical (unpaired) electrons. The Morgan fingerprint density at radius 3 is 3.00 bits per heavy atom. The molecule has 7 nitrogen and oxygen atoms in total. The highest BCUT2D eigenvalue weighted by Gasteiger charge is 2.35. The molecule has 0 amide bonds. The largest absolute Gasteiger partial charge is 0.395 e. The van der Waals surface area contributed by atoms with Crippen LogP contribution in [0.15, 0.2) is 12.7 Å². The van der Waals surface area contributed by atoms with Gasteiger partial charge in [-0.15, -0.1) is 11.8 Å². The quantitative estimate of drug-likeness (QED) is 0.689. The van der Waals surface area contributed by atoms with Crippen LogP contribution in [0.25, 0.3) is 11.2 Å². The first-order valence-corrected chi connectivity index (χ1v) is 6.52. The zero-order chi connectivity index (χ0) is 12.7. The first-order chi connectivity index (χ1) is 8.70. The fraction of sp³-hybridized carbons (Fsp3) is 0.500. The van der Waals surface area contributed by atoms with Gasteiger partial charge >= 0.3 is 0 Å². The maximum absolute atomic E-state index is 9.81. The number of anilines is 1. The number of rotatable bonds is 2. The van der Waals surface area contributed by atoms with Crippen molar-refractivity contribution in [2.75, 3.05) is 12.3 Å². The minimum Gasteiger partial charge on any atom is -0.395 e. The smallest absolute Gasteiger partial charge is 0.166 e. The molecule has 3 heterocycles. The second-order valence-corrected chi connectivity index (χ2v) is 5.62. The summed E-state index contributed by atoms with van der Waals surface area (Å²) < 4.78 is 1.87. The Morgan fingerprint density at radius 1 is 1.44 bits per heavy atom. The number of aliphatic hydroxyl groups is 2. The summed E-state index contributed by atoms with van der Waals surface area (Å²) in [5.41, 5.74) is 6.95. The van der Waals surface area contributed by atoms with Crippen LogP contribution in [-0.2, 0) is 0 Å². The third-order valence-corrected chi connectivity index (χ3v) is 4.63. The molecule has 0 aromatic carbocycles. The average Bonchev–Trinajstić information content (AvgIpc) is 2.93. The second-order valence-electron chi connectivity index (χ2n) is 4.20. The van der Waals surface area contributed by atoms with Crippen LogP contribution in [0.1, 0.15) is 11.8 Å². The molecule has 2 aromatic rings. The molecule has 3 rings (SSSR count). The number of thioether (sulfide) groups is 1. The molecule has 4 N–H and O–H groups in total. The Labute approximate surface area is 107 Å². The molecule has 0 spiro atoms. The molecular weight excluding hydrogens is 254 g/mol. The topological polar surface area (TPSA) is 110 Å². The minimum atomic E-state index is -0.512. The van der Waals surface area contributed by atoms with Crippen molar-refractivity contribution in [1.82, 2.24) is 19.5 Å². The molecule has 8 heteroatoms. The summed E-state index contributed by atoms with van der Waals surface area (Å²) in [7, 11) is 0. The first kappa shape index (κ1) is 11.7. The number of nitrogens with two attached hydrogens (primary N) is 1. The number of nitrogens with zero attached hydrogens (tertiary/aromatic N) is 4. The second kappa shape index (κ2) is 4.38. The van der Waals surface area contributed by atoms with Crippen molar-refractivity contribution in [3.63, 3.8) is 0 Å². The maximum Gasteiger partial charge on any atom is 0.166 e. The highest BCUT2D eigenvalue weighted by atomic mass is 32.2. The van der Waals surface area contributed by atoms with Crippen LogP contribution in [0.3, 0.4) is 0 Å². The van der Waals surface area contributed by atoms with E-state index in [1.54, 1.807) is 6.33 Å². The zero-order valence-electron chi connectivity index (χ0n) is 9.47. The van der Waals surface area contributed by atoms with E-state index in [2.05, 4.69) is 15.0 Å². The van der Waals surface area contributed by atoms with Crippen molar-refractivity contribution in [2.45, 2.75) is 23.1 Å². The third-order valence-electron chi connectivity index (χ3n) is 3.08. The van der Waals surface area contributed by atoms with Crippen LogP contribution >= 0.6 is 11.8 Å². The summed E-state index contributed by atoms with van der Waals surface area (Å²) in [6.45, 7) is -0.0356. The van der Waals surface area contributed by atoms with E-state index in [4.69, 9.17) is 10.8 Å². The van der Waals surface area contributed by atoms with Crippen molar-refractivity contribution < 1.29 is 10.2 Å². The molecule has 1 unspecified atom stereocenters. The normalized spacial score (nSPS) is 28.0. The molecule has 0 bridgehead atoms. The molecule has 0 saturated carbocycles. The van der Waals surface area contributed by atoms with Crippen LogP contribution in [-0.4, -0.2) is 47.7 Å². The Balaban J connectivity index is 1.99. The van der Waals surface area contributed by atoms with E-state index in [1.807, 2.05) is 4.57 Å². The number of aliphatic hydroxyl groups excluding tert-OH is 2. The lowest BCUT2D eigenvalue weighted by molar-refractivity contribution is 0.138. The summed E-state index contributed by atoms with van der Waals surface area (Å²) in [5, 5.41) is 18.8. The van der Waals surface area contributed by atoms with E-state index in [0.29, 0.717) is 23.4 Å². The van der Waals surface area contributed by atoms with Crippen LogP contribution < -0.4 is 5.73 Å². The van der Waals surface area contributed by atoms with Gasteiger partial charge in [-0.05, 0) is 0 Å². The van der Waals surface area contributed by atoms with Crippen LogP contribution in [0, 0.1) is 0 Å². The van der Waals surface area contributed by atoms with Gasteiger partial charge in [0.1, 0.15) is 11.8 Å². The van der Waals surface area contributed by atoms with Crippen LogP contribution in [0.4, 0.5) is 5.82 Å². The number of aromatic nitrogens is 4. The van der Waals surface area contributed by atoms with Gasteiger partial charge in [-0.2, -0.15) is 0 Å². The van der Waals surface area contributed by atoms with E-state index >= 15 is 0 Å². The number of hydrogen-bond donors (Lipinski definition) is 3. The number of nitrogen functional groups attached to an aromatic ring is 1. The molecule has 2 aromatic heterocycles. The van der Waals surface area contributed by atoms with Gasteiger partial charge in [0.05, 0.1) is 29.7 Å². The van der Waals surface area contributed by atoms with E-state index in [9.17, 15) is 5.11 Å². The molecule has 0 aliphatic carbocycles. The molecule has 18 heavy (non-hydrogen) atoms. The average molecular weight is 267 g/mol. The predicted molar refractivity (Wildman–Crippen MR) is 67.9 cm³/mol. The lowest BCUT2D eigenvalue weighted by atomic mass is 10.2. The summed E-state index contributed by atoms with van der Waals surface area (Å²) in [6, 6.07) is 0. The number of fused-ring (bicyclic) bond motifs is 1. The third kappa shape index (κ3) is 1.73. The van der Waals surface area contributed by atoms with Gasteiger partial charge in [0.25, 0.3) is 0 Å². The lowest BCUT2D eigenvalue weighted by Gasteiger charge is -2.11. The highest BCUT2D eigenvalue weighted by Crippen LogP contribution is 2.42. The summed E-state index contributed by atoms with van der Waals surface area (Å²) >= 11 is 1.52. The lowest BCUT2D eigenvalue weighted by Crippen LogP contribution is -2.20. The SMILES string of the molecule is Nc1ncnc2c1ncn2C1C[C@H](O)[C@H](CO)S1. The van der Waals surface area contributed by atoms with Gasteiger partial charge in [-0.1, -0.05) is 0 Å². The summed E-state index contributed by atoms with van der Waals surface area (Å²) in [4.78, 5) is 12.3. The fourth-order valence-corrected chi connectivity index (χ4v) is 3.51. The van der Waals surface area contributed by atoms with Gasteiger partial charge in [0, 0.05) is 6.42 Å².